The minimum absolute atomic E-state index is 0.0621. The number of nitrogens with two attached hydrogens (primary N) is 1. The van der Waals surface area contributed by atoms with Crippen LogP contribution in [-0.2, 0) is 4.79 Å². The number of amides is 1. The Balaban J connectivity index is 3.72. The van der Waals surface area contributed by atoms with Crippen molar-refractivity contribution in [3.63, 3.8) is 0 Å². The smallest absolute Gasteiger partial charge is 0.220 e. The Hall–Kier alpha value is -0.830. The first-order chi connectivity index (χ1) is 7.13. The molecule has 0 aromatic carbocycles. The van der Waals surface area contributed by atoms with E-state index in [4.69, 9.17) is 5.73 Å². The SMILES string of the molecule is C=CC(C)NC(=O)CCC(CC)CCN. The van der Waals surface area contributed by atoms with Gasteiger partial charge in [-0.2, -0.15) is 0 Å². The molecule has 0 aliphatic rings. The van der Waals surface area contributed by atoms with Crippen LogP contribution in [0.3, 0.4) is 0 Å². The molecule has 1 amide bonds. The molecule has 0 aliphatic heterocycles. The predicted molar refractivity (Wildman–Crippen MR) is 64.5 cm³/mol. The van der Waals surface area contributed by atoms with E-state index in [2.05, 4.69) is 18.8 Å². The lowest BCUT2D eigenvalue weighted by molar-refractivity contribution is -0.121. The van der Waals surface area contributed by atoms with E-state index in [9.17, 15) is 4.79 Å². The summed E-state index contributed by atoms with van der Waals surface area (Å²) in [6, 6.07) is 0.0621. The monoisotopic (exact) mass is 212 g/mol. The van der Waals surface area contributed by atoms with E-state index < -0.39 is 0 Å². The number of nitrogens with one attached hydrogen (secondary N) is 1. The standard InChI is InChI=1S/C12H24N2O/c1-4-10(3)14-12(15)7-6-11(5-2)8-9-13/h4,10-11H,1,5-9,13H2,2-3H3,(H,14,15). The maximum absolute atomic E-state index is 11.4. The van der Waals surface area contributed by atoms with Gasteiger partial charge < -0.3 is 11.1 Å². The first-order valence-electron chi connectivity index (χ1n) is 5.76. The summed E-state index contributed by atoms with van der Waals surface area (Å²) >= 11 is 0. The van der Waals surface area contributed by atoms with Crippen LogP contribution in [0.15, 0.2) is 12.7 Å². The van der Waals surface area contributed by atoms with Gasteiger partial charge in [-0.15, -0.1) is 6.58 Å². The molecule has 0 heterocycles. The van der Waals surface area contributed by atoms with Crippen molar-refractivity contribution in [2.45, 2.75) is 45.6 Å². The van der Waals surface area contributed by atoms with Crippen LogP contribution >= 0.6 is 0 Å². The highest BCUT2D eigenvalue weighted by atomic mass is 16.1. The van der Waals surface area contributed by atoms with Crippen LogP contribution < -0.4 is 11.1 Å². The van der Waals surface area contributed by atoms with Crippen molar-refractivity contribution >= 4 is 5.91 Å². The summed E-state index contributed by atoms with van der Waals surface area (Å²) in [5.41, 5.74) is 5.50. The van der Waals surface area contributed by atoms with Crippen molar-refractivity contribution < 1.29 is 4.79 Å². The van der Waals surface area contributed by atoms with Crippen LogP contribution in [-0.4, -0.2) is 18.5 Å². The Kier molecular flexibility index (Phi) is 8.01. The second-order valence-electron chi connectivity index (χ2n) is 3.98. The Morgan fingerprint density at radius 1 is 1.53 bits per heavy atom. The van der Waals surface area contributed by atoms with Gasteiger partial charge in [0.05, 0.1) is 0 Å². The topological polar surface area (TPSA) is 55.1 Å². The summed E-state index contributed by atoms with van der Waals surface area (Å²) in [7, 11) is 0. The van der Waals surface area contributed by atoms with Gasteiger partial charge in [0, 0.05) is 12.5 Å². The van der Waals surface area contributed by atoms with Crippen molar-refractivity contribution in [3.05, 3.63) is 12.7 Å². The molecule has 88 valence electrons. The van der Waals surface area contributed by atoms with Crippen LogP contribution in [0, 0.1) is 5.92 Å². The summed E-state index contributed by atoms with van der Waals surface area (Å²) in [4.78, 5) is 11.4. The van der Waals surface area contributed by atoms with Gasteiger partial charge in [-0.1, -0.05) is 19.4 Å². The van der Waals surface area contributed by atoms with Gasteiger partial charge >= 0.3 is 0 Å². The second-order valence-corrected chi connectivity index (χ2v) is 3.98. The molecule has 0 bridgehead atoms. The fraction of sp³-hybridized carbons (Fsp3) is 0.750. The van der Waals surface area contributed by atoms with E-state index >= 15 is 0 Å². The maximum Gasteiger partial charge on any atom is 0.220 e. The second kappa shape index (κ2) is 8.48. The fourth-order valence-electron chi connectivity index (χ4n) is 1.51. The molecular formula is C12H24N2O. The van der Waals surface area contributed by atoms with E-state index in [1.165, 1.54) is 0 Å². The molecule has 0 saturated heterocycles. The third kappa shape index (κ3) is 7.14. The molecule has 0 radical (unpaired) electrons. The molecule has 3 heteroatoms. The van der Waals surface area contributed by atoms with Crippen LogP contribution in [0.5, 0.6) is 0 Å². The summed E-state index contributed by atoms with van der Waals surface area (Å²) < 4.78 is 0. The Bertz CT molecular complexity index is 192. The molecule has 0 spiro atoms. The molecule has 0 aromatic heterocycles. The van der Waals surface area contributed by atoms with Gasteiger partial charge in [-0.05, 0) is 32.2 Å². The number of carbonyl (C=O) groups is 1. The lowest BCUT2D eigenvalue weighted by atomic mass is 9.96. The van der Waals surface area contributed by atoms with Gasteiger partial charge in [0.15, 0.2) is 0 Å². The van der Waals surface area contributed by atoms with Crippen molar-refractivity contribution in [2.75, 3.05) is 6.54 Å². The van der Waals surface area contributed by atoms with Crippen LogP contribution in [0.2, 0.25) is 0 Å². The molecule has 0 saturated carbocycles. The average Bonchev–Trinajstić information content (AvgIpc) is 2.23. The van der Waals surface area contributed by atoms with E-state index in [1.807, 2.05) is 6.92 Å². The normalized spacial score (nSPS) is 14.3. The highest BCUT2D eigenvalue weighted by molar-refractivity contribution is 5.76. The molecule has 0 aliphatic carbocycles. The highest BCUT2D eigenvalue weighted by Gasteiger charge is 2.09. The Morgan fingerprint density at radius 2 is 2.20 bits per heavy atom. The molecular weight excluding hydrogens is 188 g/mol. The van der Waals surface area contributed by atoms with Crippen molar-refractivity contribution in [2.24, 2.45) is 11.7 Å². The Morgan fingerprint density at radius 3 is 2.67 bits per heavy atom. The molecule has 3 N–H and O–H groups in total. The zero-order valence-corrected chi connectivity index (χ0v) is 9.96. The van der Waals surface area contributed by atoms with Crippen molar-refractivity contribution in [3.8, 4) is 0 Å². The number of hydrogen-bond acceptors (Lipinski definition) is 2. The Labute approximate surface area is 93.1 Å². The molecule has 0 fully saturated rings. The molecule has 15 heavy (non-hydrogen) atoms. The molecule has 3 nitrogen and oxygen atoms in total. The maximum atomic E-state index is 11.4. The zero-order valence-electron chi connectivity index (χ0n) is 9.96. The van der Waals surface area contributed by atoms with Crippen LogP contribution in [0.25, 0.3) is 0 Å². The summed E-state index contributed by atoms with van der Waals surface area (Å²) in [6.45, 7) is 8.40. The van der Waals surface area contributed by atoms with Crippen LogP contribution in [0.4, 0.5) is 0 Å². The third-order valence-corrected chi connectivity index (χ3v) is 2.67. The van der Waals surface area contributed by atoms with Gasteiger partial charge in [0.25, 0.3) is 0 Å². The van der Waals surface area contributed by atoms with E-state index in [-0.39, 0.29) is 11.9 Å². The lowest BCUT2D eigenvalue weighted by Crippen LogP contribution is -2.31. The van der Waals surface area contributed by atoms with Gasteiger partial charge in [0.2, 0.25) is 5.91 Å². The first-order valence-corrected chi connectivity index (χ1v) is 5.76. The quantitative estimate of drug-likeness (QED) is 0.603. The minimum atomic E-state index is 0.0621. The lowest BCUT2D eigenvalue weighted by Gasteiger charge is -2.14. The molecule has 0 aromatic rings. The highest BCUT2D eigenvalue weighted by Crippen LogP contribution is 2.14. The zero-order chi connectivity index (χ0) is 11.7. The van der Waals surface area contributed by atoms with E-state index in [1.54, 1.807) is 6.08 Å². The number of rotatable bonds is 8. The largest absolute Gasteiger partial charge is 0.350 e. The number of hydrogen-bond donors (Lipinski definition) is 2. The first kappa shape index (κ1) is 14.2. The van der Waals surface area contributed by atoms with E-state index in [0.29, 0.717) is 18.9 Å². The van der Waals surface area contributed by atoms with Crippen LogP contribution in [0.1, 0.15) is 39.5 Å². The molecule has 2 atom stereocenters. The molecule has 2 unspecified atom stereocenters. The third-order valence-electron chi connectivity index (χ3n) is 2.67. The average molecular weight is 212 g/mol. The minimum Gasteiger partial charge on any atom is -0.350 e. The van der Waals surface area contributed by atoms with E-state index in [0.717, 1.165) is 19.3 Å². The van der Waals surface area contributed by atoms with Gasteiger partial charge in [-0.3, -0.25) is 4.79 Å². The molecule has 0 rings (SSSR count). The summed E-state index contributed by atoms with van der Waals surface area (Å²) in [6.07, 6.45) is 5.37. The van der Waals surface area contributed by atoms with Crippen molar-refractivity contribution in [1.29, 1.82) is 0 Å². The predicted octanol–water partition coefficient (Wildman–Crippen LogP) is 1.83. The van der Waals surface area contributed by atoms with Gasteiger partial charge in [0.1, 0.15) is 0 Å². The summed E-state index contributed by atoms with van der Waals surface area (Å²) in [5, 5.41) is 2.86. The summed E-state index contributed by atoms with van der Waals surface area (Å²) in [5.74, 6) is 0.692. The van der Waals surface area contributed by atoms with Gasteiger partial charge in [-0.25, -0.2) is 0 Å². The fourth-order valence-corrected chi connectivity index (χ4v) is 1.51. The number of carbonyl (C=O) groups excluding carboxylic acids is 1. The van der Waals surface area contributed by atoms with Crippen molar-refractivity contribution in [1.82, 2.24) is 5.32 Å².